The molecule has 2 amide bonds. The summed E-state index contributed by atoms with van der Waals surface area (Å²) in [5, 5.41) is 11.0. The molecule has 0 aliphatic rings. The van der Waals surface area contributed by atoms with Gasteiger partial charge in [0, 0.05) is 19.4 Å². The van der Waals surface area contributed by atoms with Gasteiger partial charge in [0.1, 0.15) is 5.01 Å². The first-order chi connectivity index (χ1) is 12.4. The highest BCUT2D eigenvalue weighted by molar-refractivity contribution is 7.18. The van der Waals surface area contributed by atoms with Crippen LogP contribution in [0.4, 0.5) is 10.6 Å². The average Bonchev–Trinajstić information content (AvgIpc) is 3.21. The first-order valence-electron chi connectivity index (χ1n) is 8.38. The van der Waals surface area contributed by atoms with Crippen molar-refractivity contribution in [3.63, 3.8) is 0 Å². The molecule has 2 aromatic heterocycles. The van der Waals surface area contributed by atoms with Crippen LogP contribution in [-0.4, -0.2) is 34.5 Å². The van der Waals surface area contributed by atoms with Crippen molar-refractivity contribution in [2.45, 2.75) is 32.4 Å². The molecule has 7 nitrogen and oxygen atoms in total. The van der Waals surface area contributed by atoms with E-state index < -0.39 is 5.54 Å². The molecule has 0 bridgehead atoms. The minimum atomic E-state index is -0.598. The van der Waals surface area contributed by atoms with Crippen molar-refractivity contribution in [2.75, 3.05) is 19.0 Å². The minimum absolute atomic E-state index is 0.0952. The fourth-order valence-corrected chi connectivity index (χ4v) is 3.62. The Morgan fingerprint density at radius 1 is 1.35 bits per heavy atom. The van der Waals surface area contributed by atoms with E-state index in [9.17, 15) is 4.79 Å². The number of fused-ring (bicyclic) bond motifs is 1. The number of rotatable bonds is 6. The van der Waals surface area contributed by atoms with Crippen molar-refractivity contribution in [2.24, 2.45) is 0 Å². The van der Waals surface area contributed by atoms with Gasteiger partial charge >= 0.3 is 6.03 Å². The Hall–Kier alpha value is -2.45. The topological polar surface area (TPSA) is 81.1 Å². The lowest BCUT2D eigenvalue weighted by molar-refractivity contribution is 0.157. The molecule has 1 atom stereocenters. The van der Waals surface area contributed by atoms with Crippen LogP contribution in [0.2, 0.25) is 0 Å². The Morgan fingerprint density at radius 3 is 2.85 bits per heavy atom. The van der Waals surface area contributed by atoms with Gasteiger partial charge in [-0.25, -0.2) is 9.78 Å². The van der Waals surface area contributed by atoms with Crippen molar-refractivity contribution < 1.29 is 9.53 Å². The van der Waals surface area contributed by atoms with Crippen LogP contribution in [-0.2, 0) is 10.3 Å². The van der Waals surface area contributed by atoms with Gasteiger partial charge in [0.05, 0.1) is 28.4 Å². The molecule has 1 unspecified atom stereocenters. The van der Waals surface area contributed by atoms with Crippen LogP contribution in [0.3, 0.4) is 0 Å². The van der Waals surface area contributed by atoms with Gasteiger partial charge in [-0.05, 0) is 32.9 Å². The fourth-order valence-electron chi connectivity index (χ4n) is 2.59. The molecule has 2 heterocycles. The lowest BCUT2D eigenvalue weighted by atomic mass is 10.1. The number of urea groups is 1. The van der Waals surface area contributed by atoms with E-state index in [4.69, 9.17) is 4.74 Å². The molecule has 1 aromatic carbocycles. The van der Waals surface area contributed by atoms with Crippen molar-refractivity contribution in [3.8, 4) is 0 Å². The Balaban J connectivity index is 1.66. The largest absolute Gasteiger partial charge is 0.382 e. The van der Waals surface area contributed by atoms with Gasteiger partial charge in [-0.2, -0.15) is 5.10 Å². The number of aromatic nitrogens is 3. The Bertz CT molecular complexity index is 869. The number of nitrogens with one attached hydrogen (secondary N) is 2. The molecule has 26 heavy (non-hydrogen) atoms. The smallest absolute Gasteiger partial charge is 0.321 e. The quantitative estimate of drug-likeness (QED) is 0.689. The highest BCUT2D eigenvalue weighted by atomic mass is 32.1. The third kappa shape index (κ3) is 4.03. The Labute approximate surface area is 156 Å². The lowest BCUT2D eigenvalue weighted by Crippen LogP contribution is -2.43. The predicted molar refractivity (Wildman–Crippen MR) is 104 cm³/mol. The molecule has 0 saturated heterocycles. The second kappa shape index (κ2) is 7.43. The van der Waals surface area contributed by atoms with Crippen molar-refractivity contribution >= 4 is 33.4 Å². The molecule has 0 saturated carbocycles. The van der Waals surface area contributed by atoms with E-state index in [-0.39, 0.29) is 12.1 Å². The Kier molecular flexibility index (Phi) is 5.24. The number of hydrogen-bond acceptors (Lipinski definition) is 5. The fraction of sp³-hybridized carbons (Fsp3) is 0.389. The van der Waals surface area contributed by atoms with Crippen LogP contribution in [0.1, 0.15) is 31.8 Å². The summed E-state index contributed by atoms with van der Waals surface area (Å²) in [6, 6.07) is 9.48. The number of ether oxygens (including phenoxy) is 1. The second-order valence-corrected chi connectivity index (χ2v) is 7.71. The third-order valence-electron chi connectivity index (χ3n) is 3.96. The van der Waals surface area contributed by atoms with Crippen LogP contribution < -0.4 is 10.6 Å². The summed E-state index contributed by atoms with van der Waals surface area (Å²) in [5.74, 6) is 0.491. The number of carbonyl (C=O) groups is 1. The van der Waals surface area contributed by atoms with E-state index in [1.807, 2.05) is 51.2 Å². The highest BCUT2D eigenvalue weighted by Gasteiger charge is 2.27. The molecule has 138 valence electrons. The van der Waals surface area contributed by atoms with Crippen molar-refractivity contribution in [1.29, 1.82) is 0 Å². The van der Waals surface area contributed by atoms with Gasteiger partial charge in [0.2, 0.25) is 0 Å². The summed E-state index contributed by atoms with van der Waals surface area (Å²) in [6.07, 6.45) is 1.82. The van der Waals surface area contributed by atoms with Crippen LogP contribution in [0.5, 0.6) is 0 Å². The molecule has 0 spiro atoms. The van der Waals surface area contributed by atoms with E-state index >= 15 is 0 Å². The molecule has 0 aliphatic carbocycles. The number of carbonyl (C=O) groups excluding carboxylic acids is 1. The maximum Gasteiger partial charge on any atom is 0.321 e. The normalized spacial score (nSPS) is 12.9. The number of amides is 2. The van der Waals surface area contributed by atoms with E-state index in [0.29, 0.717) is 12.4 Å². The van der Waals surface area contributed by atoms with Crippen LogP contribution in [0.25, 0.3) is 10.2 Å². The van der Waals surface area contributed by atoms with Crippen molar-refractivity contribution in [1.82, 2.24) is 20.1 Å². The molecule has 2 N–H and O–H groups in total. The van der Waals surface area contributed by atoms with E-state index in [1.165, 1.54) is 0 Å². The SMILES string of the molecule is COCC(C)n1ccc(NC(=O)NC(C)(C)c2nc3ccccc3s2)n1. The van der Waals surface area contributed by atoms with Crippen LogP contribution in [0, 0.1) is 0 Å². The zero-order valence-electron chi connectivity index (χ0n) is 15.3. The summed E-state index contributed by atoms with van der Waals surface area (Å²) < 4.78 is 7.98. The number of hydrogen-bond donors (Lipinski definition) is 2. The number of anilines is 1. The van der Waals surface area contributed by atoms with Gasteiger partial charge in [0.25, 0.3) is 0 Å². The van der Waals surface area contributed by atoms with Gasteiger partial charge in [-0.3, -0.25) is 10.00 Å². The van der Waals surface area contributed by atoms with E-state index in [1.54, 1.807) is 29.2 Å². The monoisotopic (exact) mass is 373 g/mol. The molecule has 0 aliphatic heterocycles. The summed E-state index contributed by atoms with van der Waals surface area (Å²) >= 11 is 1.58. The molecule has 0 fully saturated rings. The molecular weight excluding hydrogens is 350 g/mol. The summed E-state index contributed by atoms with van der Waals surface area (Å²) in [6.45, 7) is 6.42. The lowest BCUT2D eigenvalue weighted by Gasteiger charge is -2.23. The number of thiazole rings is 1. The molecule has 3 rings (SSSR count). The van der Waals surface area contributed by atoms with E-state index in [2.05, 4.69) is 20.7 Å². The zero-order valence-corrected chi connectivity index (χ0v) is 16.1. The third-order valence-corrected chi connectivity index (χ3v) is 5.32. The number of benzene rings is 1. The van der Waals surface area contributed by atoms with Crippen molar-refractivity contribution in [3.05, 3.63) is 41.5 Å². The maximum atomic E-state index is 12.4. The number of para-hydroxylation sites is 1. The second-order valence-electron chi connectivity index (χ2n) is 6.68. The summed E-state index contributed by atoms with van der Waals surface area (Å²) in [7, 11) is 1.65. The first-order valence-corrected chi connectivity index (χ1v) is 9.20. The van der Waals surface area contributed by atoms with Crippen LogP contribution >= 0.6 is 11.3 Å². The Morgan fingerprint density at radius 2 is 2.12 bits per heavy atom. The molecular formula is C18H23N5O2S. The van der Waals surface area contributed by atoms with Gasteiger partial charge in [-0.1, -0.05) is 12.1 Å². The van der Waals surface area contributed by atoms with Gasteiger partial charge in [-0.15, -0.1) is 11.3 Å². The number of nitrogens with zero attached hydrogens (tertiary/aromatic N) is 3. The molecule has 3 aromatic rings. The van der Waals surface area contributed by atoms with Crippen LogP contribution in [0.15, 0.2) is 36.5 Å². The average molecular weight is 373 g/mol. The van der Waals surface area contributed by atoms with Gasteiger partial charge in [0.15, 0.2) is 5.82 Å². The zero-order chi connectivity index (χ0) is 18.7. The molecule has 8 heteroatoms. The first kappa shape index (κ1) is 18.3. The number of methoxy groups -OCH3 is 1. The summed E-state index contributed by atoms with van der Waals surface area (Å²) in [4.78, 5) is 17.0. The van der Waals surface area contributed by atoms with Gasteiger partial charge < -0.3 is 10.1 Å². The molecule has 0 radical (unpaired) electrons. The van der Waals surface area contributed by atoms with E-state index in [0.717, 1.165) is 15.2 Å². The predicted octanol–water partition coefficient (Wildman–Crippen LogP) is 3.76. The summed E-state index contributed by atoms with van der Waals surface area (Å²) in [5.41, 5.74) is 0.341. The maximum absolute atomic E-state index is 12.4. The standard InChI is InChI=1S/C18H23N5O2S/c1-12(11-25-4)23-10-9-15(22-23)20-17(24)21-18(2,3)16-19-13-7-5-6-8-14(13)26-16/h5-10,12H,11H2,1-4H3,(H2,20,21,22,24). The minimum Gasteiger partial charge on any atom is -0.382 e. The highest BCUT2D eigenvalue weighted by Crippen LogP contribution is 2.29.